The van der Waals surface area contributed by atoms with Gasteiger partial charge < -0.3 is 14.8 Å². The summed E-state index contributed by atoms with van der Waals surface area (Å²) in [5.41, 5.74) is 3.64. The number of likely N-dealkylation sites (N-methyl/N-ethyl adjacent to an activating group) is 1. The predicted octanol–water partition coefficient (Wildman–Crippen LogP) is 4.33. The maximum absolute atomic E-state index is 11.9. The third-order valence-corrected chi connectivity index (χ3v) is 5.63. The Morgan fingerprint density at radius 1 is 1.24 bits per heavy atom. The Kier molecular flexibility index (Phi) is 4.92. The van der Waals surface area contributed by atoms with Gasteiger partial charge in [0.25, 0.3) is 5.91 Å². The van der Waals surface area contributed by atoms with Crippen LogP contribution in [0.15, 0.2) is 21.2 Å². The third kappa shape index (κ3) is 3.08. The minimum absolute atomic E-state index is 0.0178. The number of ether oxygens (including phenoxy) is 2. The number of nitrogens with zero attached hydrogens (tertiary/aromatic N) is 2. The van der Waals surface area contributed by atoms with Crippen LogP contribution < -0.4 is 19.7 Å². The maximum Gasteiger partial charge on any atom is 0.265 e. The topological polar surface area (TPSA) is 63.7 Å². The summed E-state index contributed by atoms with van der Waals surface area (Å²) in [5, 5.41) is 3.43. The number of hydrogen-bond donors (Lipinski definition) is 1. The Labute approximate surface area is 162 Å². The first-order valence-electron chi connectivity index (χ1n) is 7.53. The Hall–Kier alpha value is -1.80. The molecule has 0 aliphatic carbocycles. The molecule has 0 bridgehead atoms. The molecule has 0 radical (unpaired) electrons. The summed E-state index contributed by atoms with van der Waals surface area (Å²) in [4.78, 5) is 17.7. The highest BCUT2D eigenvalue weighted by Crippen LogP contribution is 2.45. The number of carbonyl (C=O) groups is 1. The average Bonchev–Trinajstić information content (AvgIpc) is 2.59. The van der Waals surface area contributed by atoms with E-state index in [4.69, 9.17) is 9.47 Å². The highest BCUT2D eigenvalue weighted by molar-refractivity contribution is 9.11. The smallest absolute Gasteiger partial charge is 0.265 e. The van der Waals surface area contributed by atoms with Crippen molar-refractivity contribution in [3.8, 4) is 11.5 Å². The van der Waals surface area contributed by atoms with Gasteiger partial charge in [-0.05, 0) is 41.4 Å². The highest BCUT2D eigenvalue weighted by Gasteiger charge is 2.28. The molecule has 132 valence electrons. The SMILES string of the molecule is COc1cc(Br)c(C)c(Nc2c(Br)cnc3c2OCC(=O)N3C)c1C. The van der Waals surface area contributed by atoms with Gasteiger partial charge in [-0.2, -0.15) is 0 Å². The normalized spacial score (nSPS) is 13.4. The quantitative estimate of drug-likeness (QED) is 0.723. The van der Waals surface area contributed by atoms with Crippen LogP contribution in [-0.4, -0.2) is 31.7 Å². The fourth-order valence-corrected chi connectivity index (χ4v) is 3.47. The highest BCUT2D eigenvalue weighted by atomic mass is 79.9. The molecule has 8 heteroatoms. The molecule has 25 heavy (non-hydrogen) atoms. The van der Waals surface area contributed by atoms with E-state index >= 15 is 0 Å². The first-order chi connectivity index (χ1) is 11.8. The Morgan fingerprint density at radius 3 is 2.64 bits per heavy atom. The minimum Gasteiger partial charge on any atom is -0.496 e. The summed E-state index contributed by atoms with van der Waals surface area (Å²) in [7, 11) is 3.33. The zero-order chi connectivity index (χ0) is 18.3. The zero-order valence-electron chi connectivity index (χ0n) is 14.2. The number of carbonyl (C=O) groups excluding carboxylic acids is 1. The van der Waals surface area contributed by atoms with Gasteiger partial charge in [0.15, 0.2) is 18.2 Å². The lowest BCUT2D eigenvalue weighted by Gasteiger charge is -2.27. The number of anilines is 3. The molecule has 1 amide bonds. The first kappa shape index (κ1) is 18.0. The molecule has 2 heterocycles. The Balaban J connectivity index is 2.14. The summed E-state index contributed by atoms with van der Waals surface area (Å²) in [5.74, 6) is 1.66. The molecule has 3 rings (SSSR count). The number of halogens is 2. The lowest BCUT2D eigenvalue weighted by Crippen LogP contribution is -2.36. The van der Waals surface area contributed by atoms with Crippen LogP contribution in [0.5, 0.6) is 11.5 Å². The van der Waals surface area contributed by atoms with Gasteiger partial charge in [0.2, 0.25) is 0 Å². The molecule has 0 fully saturated rings. The van der Waals surface area contributed by atoms with E-state index in [1.54, 1.807) is 20.4 Å². The molecular formula is C17H17Br2N3O3. The number of aromatic nitrogens is 1. The second kappa shape index (κ2) is 6.84. The van der Waals surface area contributed by atoms with Crippen molar-refractivity contribution in [1.82, 2.24) is 4.98 Å². The van der Waals surface area contributed by atoms with Crippen LogP contribution in [0.1, 0.15) is 11.1 Å². The molecule has 1 aliphatic rings. The van der Waals surface area contributed by atoms with E-state index in [1.807, 2.05) is 19.9 Å². The van der Waals surface area contributed by atoms with Crippen molar-refractivity contribution in [3.05, 3.63) is 32.3 Å². The van der Waals surface area contributed by atoms with Crippen molar-refractivity contribution in [2.45, 2.75) is 13.8 Å². The number of pyridine rings is 1. The van der Waals surface area contributed by atoms with E-state index in [2.05, 4.69) is 42.2 Å². The van der Waals surface area contributed by atoms with Crippen LogP contribution in [0, 0.1) is 13.8 Å². The molecule has 1 aromatic carbocycles. The average molecular weight is 471 g/mol. The summed E-state index contributed by atoms with van der Waals surface area (Å²) in [6, 6.07) is 1.94. The summed E-state index contributed by atoms with van der Waals surface area (Å²) >= 11 is 7.09. The molecule has 0 saturated carbocycles. The molecular weight excluding hydrogens is 454 g/mol. The number of nitrogens with one attached hydrogen (secondary N) is 1. The molecule has 2 aromatic rings. The van der Waals surface area contributed by atoms with E-state index in [9.17, 15) is 4.79 Å². The van der Waals surface area contributed by atoms with Crippen LogP contribution in [-0.2, 0) is 4.79 Å². The lowest BCUT2D eigenvalue weighted by molar-refractivity contribution is -0.121. The molecule has 6 nitrogen and oxygen atoms in total. The van der Waals surface area contributed by atoms with Gasteiger partial charge in [0, 0.05) is 29.0 Å². The minimum atomic E-state index is -0.134. The van der Waals surface area contributed by atoms with E-state index in [0.29, 0.717) is 11.6 Å². The Bertz CT molecular complexity index is 871. The fourth-order valence-electron chi connectivity index (χ4n) is 2.68. The number of benzene rings is 1. The Morgan fingerprint density at radius 2 is 1.96 bits per heavy atom. The number of rotatable bonds is 3. The molecule has 0 spiro atoms. The van der Waals surface area contributed by atoms with Gasteiger partial charge in [-0.1, -0.05) is 15.9 Å². The summed E-state index contributed by atoms with van der Waals surface area (Å²) in [6.45, 7) is 3.98. The van der Waals surface area contributed by atoms with Gasteiger partial charge in [-0.25, -0.2) is 4.98 Å². The van der Waals surface area contributed by atoms with E-state index in [1.165, 1.54) is 4.90 Å². The fraction of sp³-hybridized carbons (Fsp3) is 0.294. The van der Waals surface area contributed by atoms with Gasteiger partial charge in [0.05, 0.1) is 11.6 Å². The van der Waals surface area contributed by atoms with Gasteiger partial charge in [-0.3, -0.25) is 9.69 Å². The number of amides is 1. The van der Waals surface area contributed by atoms with Gasteiger partial charge >= 0.3 is 0 Å². The van der Waals surface area contributed by atoms with Crippen LogP contribution in [0.25, 0.3) is 0 Å². The maximum atomic E-state index is 11.9. The van der Waals surface area contributed by atoms with Crippen molar-refractivity contribution in [3.63, 3.8) is 0 Å². The summed E-state index contributed by atoms with van der Waals surface area (Å²) < 4.78 is 12.8. The second-order valence-electron chi connectivity index (χ2n) is 5.69. The molecule has 1 aromatic heterocycles. The van der Waals surface area contributed by atoms with Crippen molar-refractivity contribution >= 4 is 55.0 Å². The molecule has 0 saturated heterocycles. The molecule has 0 unspecified atom stereocenters. The largest absolute Gasteiger partial charge is 0.496 e. The van der Waals surface area contributed by atoms with Crippen LogP contribution in [0.4, 0.5) is 17.2 Å². The van der Waals surface area contributed by atoms with Crippen LogP contribution in [0.3, 0.4) is 0 Å². The predicted molar refractivity (Wildman–Crippen MR) is 104 cm³/mol. The number of fused-ring (bicyclic) bond motifs is 1. The first-order valence-corrected chi connectivity index (χ1v) is 9.12. The van der Waals surface area contributed by atoms with E-state index < -0.39 is 0 Å². The van der Waals surface area contributed by atoms with Crippen molar-refractivity contribution in [2.24, 2.45) is 0 Å². The van der Waals surface area contributed by atoms with E-state index in [-0.39, 0.29) is 12.5 Å². The summed E-state index contributed by atoms with van der Waals surface area (Å²) in [6.07, 6.45) is 1.65. The molecule has 0 atom stereocenters. The number of hydrogen-bond acceptors (Lipinski definition) is 5. The van der Waals surface area contributed by atoms with Crippen molar-refractivity contribution < 1.29 is 14.3 Å². The standard InChI is InChI=1S/C17H17Br2N3O3/c1-8-10(18)5-12(24-4)9(2)14(8)21-15-11(19)6-20-17-16(15)25-7-13(23)22(17)3/h5-6H,7H2,1-4H3,(H,20,21). The zero-order valence-corrected chi connectivity index (χ0v) is 17.4. The van der Waals surface area contributed by atoms with Gasteiger partial charge in [-0.15, -0.1) is 0 Å². The van der Waals surface area contributed by atoms with E-state index in [0.717, 1.165) is 37.2 Å². The lowest BCUT2D eigenvalue weighted by atomic mass is 10.1. The van der Waals surface area contributed by atoms with Gasteiger partial charge in [0.1, 0.15) is 11.4 Å². The molecule has 1 aliphatic heterocycles. The monoisotopic (exact) mass is 469 g/mol. The van der Waals surface area contributed by atoms with Crippen molar-refractivity contribution in [2.75, 3.05) is 31.0 Å². The van der Waals surface area contributed by atoms with Crippen LogP contribution >= 0.6 is 31.9 Å². The third-order valence-electron chi connectivity index (χ3n) is 4.21. The second-order valence-corrected chi connectivity index (χ2v) is 7.39. The number of methoxy groups -OCH3 is 1. The van der Waals surface area contributed by atoms with Crippen LogP contribution in [0.2, 0.25) is 0 Å². The molecule has 1 N–H and O–H groups in total. The van der Waals surface area contributed by atoms with Crippen molar-refractivity contribution in [1.29, 1.82) is 0 Å².